The minimum Gasteiger partial charge on any atom is -0.497 e. The smallest absolute Gasteiger partial charge is 0.246 e. The van der Waals surface area contributed by atoms with Gasteiger partial charge in [-0.2, -0.15) is 0 Å². The van der Waals surface area contributed by atoms with Crippen LogP contribution in [0.3, 0.4) is 0 Å². The maximum Gasteiger partial charge on any atom is 0.246 e. The molecule has 1 spiro atoms. The van der Waals surface area contributed by atoms with Gasteiger partial charge in [-0.3, -0.25) is 14.4 Å². The first kappa shape index (κ1) is 25.7. The molecular weight excluding hydrogens is 474 g/mol. The van der Waals surface area contributed by atoms with Crippen molar-refractivity contribution in [2.45, 2.75) is 56.9 Å². The zero-order valence-corrected chi connectivity index (χ0v) is 21.9. The molecule has 0 aromatic heterocycles. The molecule has 200 valence electrons. The summed E-state index contributed by atoms with van der Waals surface area (Å²) >= 11 is 0. The van der Waals surface area contributed by atoms with Crippen molar-refractivity contribution >= 4 is 23.4 Å². The fourth-order valence-electron chi connectivity index (χ4n) is 6.64. The topological polar surface area (TPSA) is 106 Å². The molecule has 9 heteroatoms. The van der Waals surface area contributed by atoms with E-state index in [0.717, 1.165) is 19.3 Å². The molecule has 1 saturated carbocycles. The number of benzene rings is 1. The summed E-state index contributed by atoms with van der Waals surface area (Å²) in [6.45, 7) is 4.93. The Hall–Kier alpha value is -2.91. The Morgan fingerprint density at radius 2 is 1.89 bits per heavy atom. The highest BCUT2D eigenvalue weighted by molar-refractivity contribution is 6.02. The summed E-state index contributed by atoms with van der Waals surface area (Å²) in [6.07, 6.45) is 6.22. The van der Waals surface area contributed by atoms with E-state index in [9.17, 15) is 14.4 Å². The van der Waals surface area contributed by atoms with Crippen LogP contribution in [-0.2, 0) is 23.9 Å². The predicted molar refractivity (Wildman–Crippen MR) is 137 cm³/mol. The fourth-order valence-corrected chi connectivity index (χ4v) is 6.64. The summed E-state index contributed by atoms with van der Waals surface area (Å²) in [5.41, 5.74) is -0.576. The molecule has 3 aliphatic heterocycles. The molecule has 0 unspecified atom stereocenters. The maximum absolute atomic E-state index is 13.9. The van der Waals surface area contributed by atoms with Gasteiger partial charge in [0.1, 0.15) is 17.4 Å². The highest BCUT2D eigenvalue weighted by Gasteiger charge is 2.72. The van der Waals surface area contributed by atoms with Crippen LogP contribution in [0, 0.1) is 23.7 Å². The number of carbonyl (C=O) groups is 3. The van der Waals surface area contributed by atoms with Gasteiger partial charge < -0.3 is 29.7 Å². The molecule has 5 rings (SSSR count). The number of amides is 3. The van der Waals surface area contributed by atoms with Crippen molar-refractivity contribution in [3.63, 3.8) is 0 Å². The number of nitrogens with one attached hydrogen (secondary N) is 2. The quantitative estimate of drug-likeness (QED) is 0.519. The van der Waals surface area contributed by atoms with Gasteiger partial charge in [0.2, 0.25) is 17.7 Å². The fraction of sp³-hybridized carbons (Fsp3) is 0.607. The Morgan fingerprint density at radius 3 is 2.59 bits per heavy atom. The monoisotopic (exact) mass is 511 g/mol. The molecule has 8 atom stereocenters. The van der Waals surface area contributed by atoms with Gasteiger partial charge in [0, 0.05) is 25.4 Å². The maximum atomic E-state index is 13.9. The summed E-state index contributed by atoms with van der Waals surface area (Å²) in [5, 5.41) is 6.18. The number of carbonyl (C=O) groups excluding carboxylic acids is 3. The largest absolute Gasteiger partial charge is 0.497 e. The third kappa shape index (κ3) is 4.32. The molecule has 2 N–H and O–H groups in total. The van der Waals surface area contributed by atoms with Crippen molar-refractivity contribution < 1.29 is 28.6 Å². The normalized spacial score (nSPS) is 35.9. The lowest BCUT2D eigenvalue weighted by molar-refractivity contribution is -0.142. The van der Waals surface area contributed by atoms with E-state index in [4.69, 9.17) is 14.2 Å². The first-order valence-corrected chi connectivity index (χ1v) is 13.2. The Balaban J connectivity index is 1.41. The zero-order chi connectivity index (χ0) is 26.3. The van der Waals surface area contributed by atoms with Gasteiger partial charge in [-0.25, -0.2) is 0 Å². The van der Waals surface area contributed by atoms with Crippen LogP contribution in [0.5, 0.6) is 5.75 Å². The molecule has 3 fully saturated rings. The standard InChI is InChI=1S/C28H37N3O6/c1-16-6-5-7-20(17(16)2)30-26(33)24-28-13-12-21(37-28)22(23(28)27(34)31(24)14-15-35-3)25(32)29-18-8-10-19(36-4)11-9-18/h8-13,16-17,20-24H,5-7,14-15H2,1-4H3,(H,29,32)(H,30,33)/t16-,17-,20+,21-,22+,23-,24-,28-/m0/s1. The molecule has 3 amide bonds. The molecule has 9 nitrogen and oxygen atoms in total. The number of anilines is 1. The van der Waals surface area contributed by atoms with E-state index < -0.39 is 29.6 Å². The molecule has 1 aromatic rings. The first-order chi connectivity index (χ1) is 17.8. The Bertz CT molecular complexity index is 1070. The molecule has 3 heterocycles. The van der Waals surface area contributed by atoms with E-state index in [0.29, 0.717) is 23.3 Å². The molecule has 2 saturated heterocycles. The molecule has 0 radical (unpaired) electrons. The Labute approximate surface area is 217 Å². The lowest BCUT2D eigenvalue weighted by atomic mass is 9.73. The first-order valence-electron chi connectivity index (χ1n) is 13.2. The second kappa shape index (κ2) is 10.1. The van der Waals surface area contributed by atoms with E-state index in [1.807, 2.05) is 12.2 Å². The number of fused-ring (bicyclic) bond motifs is 1. The van der Waals surface area contributed by atoms with Crippen LogP contribution in [0.2, 0.25) is 0 Å². The average Bonchev–Trinajstić information content (AvgIpc) is 3.53. The van der Waals surface area contributed by atoms with Crippen molar-refractivity contribution in [3.8, 4) is 5.75 Å². The molecule has 1 aromatic carbocycles. The van der Waals surface area contributed by atoms with Gasteiger partial charge in [-0.05, 0) is 42.5 Å². The second-order valence-electron chi connectivity index (χ2n) is 10.8. The molecule has 1 aliphatic carbocycles. The van der Waals surface area contributed by atoms with Crippen LogP contribution in [0.25, 0.3) is 0 Å². The van der Waals surface area contributed by atoms with Gasteiger partial charge in [-0.15, -0.1) is 0 Å². The van der Waals surface area contributed by atoms with Crippen LogP contribution in [-0.4, -0.2) is 73.8 Å². The lowest BCUT2D eigenvalue weighted by Gasteiger charge is -2.38. The molecule has 37 heavy (non-hydrogen) atoms. The highest BCUT2D eigenvalue weighted by Crippen LogP contribution is 2.55. The van der Waals surface area contributed by atoms with Crippen LogP contribution in [0.15, 0.2) is 36.4 Å². The van der Waals surface area contributed by atoms with E-state index in [1.165, 1.54) is 0 Å². The summed E-state index contributed by atoms with van der Waals surface area (Å²) in [6, 6.07) is 6.21. The Morgan fingerprint density at radius 1 is 1.14 bits per heavy atom. The van der Waals surface area contributed by atoms with E-state index in [1.54, 1.807) is 43.4 Å². The van der Waals surface area contributed by atoms with Gasteiger partial charge in [0.15, 0.2) is 0 Å². The average molecular weight is 512 g/mol. The van der Waals surface area contributed by atoms with Crippen LogP contribution >= 0.6 is 0 Å². The van der Waals surface area contributed by atoms with Crippen LogP contribution in [0.1, 0.15) is 33.1 Å². The van der Waals surface area contributed by atoms with Crippen LogP contribution < -0.4 is 15.4 Å². The number of likely N-dealkylation sites (tertiary alicyclic amines) is 1. The SMILES string of the molecule is COCCN1C(=O)[C@@H]2[C@H](C(=O)Nc3ccc(OC)cc3)[C@@H]3C=C[C@@]2(O3)[C@@H]1C(=O)N[C@@H]1CCC[C@H](C)[C@@H]1C. The minimum atomic E-state index is -1.18. The third-order valence-electron chi connectivity index (χ3n) is 8.85. The number of hydrogen-bond donors (Lipinski definition) is 2. The predicted octanol–water partition coefficient (Wildman–Crippen LogP) is 2.37. The number of ether oxygens (including phenoxy) is 3. The number of methoxy groups -OCH3 is 2. The van der Waals surface area contributed by atoms with Crippen LogP contribution in [0.4, 0.5) is 5.69 Å². The second-order valence-corrected chi connectivity index (χ2v) is 10.8. The molecule has 2 bridgehead atoms. The summed E-state index contributed by atoms with van der Waals surface area (Å²) in [4.78, 5) is 42.7. The molecule has 4 aliphatic rings. The number of nitrogens with zero attached hydrogens (tertiary/aromatic N) is 1. The number of hydrogen-bond acceptors (Lipinski definition) is 6. The summed E-state index contributed by atoms with van der Waals surface area (Å²) < 4.78 is 16.8. The highest BCUT2D eigenvalue weighted by atomic mass is 16.5. The summed E-state index contributed by atoms with van der Waals surface area (Å²) in [7, 11) is 3.14. The Kier molecular flexibility index (Phi) is 7.02. The van der Waals surface area contributed by atoms with E-state index in [-0.39, 0.29) is 36.9 Å². The van der Waals surface area contributed by atoms with Gasteiger partial charge >= 0.3 is 0 Å². The van der Waals surface area contributed by atoms with Crippen molar-refractivity contribution in [3.05, 3.63) is 36.4 Å². The van der Waals surface area contributed by atoms with E-state index in [2.05, 4.69) is 24.5 Å². The van der Waals surface area contributed by atoms with Gasteiger partial charge in [0.05, 0.1) is 31.7 Å². The van der Waals surface area contributed by atoms with Gasteiger partial charge in [0.25, 0.3) is 0 Å². The third-order valence-corrected chi connectivity index (χ3v) is 8.85. The molecular formula is C28H37N3O6. The van der Waals surface area contributed by atoms with Crippen molar-refractivity contribution in [2.75, 3.05) is 32.7 Å². The van der Waals surface area contributed by atoms with Crippen molar-refractivity contribution in [2.24, 2.45) is 23.7 Å². The van der Waals surface area contributed by atoms with Gasteiger partial charge in [-0.1, -0.05) is 38.8 Å². The minimum absolute atomic E-state index is 0.0443. The van der Waals surface area contributed by atoms with Crippen molar-refractivity contribution in [1.29, 1.82) is 0 Å². The number of rotatable bonds is 8. The van der Waals surface area contributed by atoms with E-state index >= 15 is 0 Å². The zero-order valence-electron chi connectivity index (χ0n) is 21.9. The lowest BCUT2D eigenvalue weighted by Crippen LogP contribution is -2.58. The van der Waals surface area contributed by atoms with Crippen molar-refractivity contribution in [1.82, 2.24) is 10.2 Å². The summed E-state index contributed by atoms with van der Waals surface area (Å²) in [5.74, 6) is -0.754.